The summed E-state index contributed by atoms with van der Waals surface area (Å²) in [6, 6.07) is 20.6. The van der Waals surface area contributed by atoms with Crippen molar-refractivity contribution in [2.75, 3.05) is 33.7 Å². The van der Waals surface area contributed by atoms with Crippen molar-refractivity contribution in [3.8, 4) is 22.3 Å². The maximum absolute atomic E-state index is 11.9. The van der Waals surface area contributed by atoms with Crippen LogP contribution < -0.4 is 10.6 Å². The molecule has 0 aromatic heterocycles. The molecule has 0 fully saturated rings. The average molecular weight is 482 g/mol. The van der Waals surface area contributed by atoms with Crippen LogP contribution in [0.2, 0.25) is 0 Å². The van der Waals surface area contributed by atoms with E-state index in [4.69, 9.17) is 0 Å². The standard InChI is InChI=1S/C31H35N3O2/c1-5-16-33(3)17-14-22(2)19-25-8-6-7-9-28(25)24-12-10-23(11-13-24)27-20-26-15-18-34(4)32-30(26)29(21-27)31(35)36/h6-13,15,20-21H,2,5,14,16-19H2,1,3-4H3,(H,35,36). The van der Waals surface area contributed by atoms with Crippen LogP contribution in [-0.2, 0) is 6.42 Å². The molecule has 1 aliphatic rings. The molecule has 0 atom stereocenters. The van der Waals surface area contributed by atoms with Crippen LogP contribution in [0.1, 0.15) is 35.7 Å². The molecular weight excluding hydrogens is 446 g/mol. The number of rotatable bonds is 10. The van der Waals surface area contributed by atoms with E-state index in [0.29, 0.717) is 11.9 Å². The van der Waals surface area contributed by atoms with Gasteiger partial charge in [0.05, 0.1) is 12.1 Å². The maximum atomic E-state index is 11.9. The van der Waals surface area contributed by atoms with Gasteiger partial charge in [-0.2, -0.15) is 5.10 Å². The van der Waals surface area contributed by atoms with E-state index < -0.39 is 5.97 Å². The first-order valence-corrected chi connectivity index (χ1v) is 12.6. The molecule has 3 aromatic carbocycles. The number of hydrogen-bond donors (Lipinski definition) is 1. The van der Waals surface area contributed by atoms with E-state index in [1.165, 1.54) is 16.7 Å². The summed E-state index contributed by atoms with van der Waals surface area (Å²) >= 11 is 0. The van der Waals surface area contributed by atoms with E-state index in [1.54, 1.807) is 11.1 Å². The first-order chi connectivity index (χ1) is 17.4. The van der Waals surface area contributed by atoms with Gasteiger partial charge in [-0.3, -0.25) is 5.01 Å². The molecule has 0 bridgehead atoms. The quantitative estimate of drug-likeness (QED) is 0.422. The molecule has 0 unspecified atom stereocenters. The second-order valence-corrected chi connectivity index (χ2v) is 9.63. The van der Waals surface area contributed by atoms with Crippen molar-refractivity contribution in [2.24, 2.45) is 5.10 Å². The second-order valence-electron chi connectivity index (χ2n) is 9.63. The van der Waals surface area contributed by atoms with E-state index in [-0.39, 0.29) is 5.56 Å². The van der Waals surface area contributed by atoms with Crippen molar-refractivity contribution in [3.05, 3.63) is 94.5 Å². The van der Waals surface area contributed by atoms with Crippen LogP contribution in [-0.4, -0.2) is 54.7 Å². The zero-order chi connectivity index (χ0) is 25.7. The summed E-state index contributed by atoms with van der Waals surface area (Å²) in [4.78, 5) is 14.3. The molecule has 36 heavy (non-hydrogen) atoms. The summed E-state index contributed by atoms with van der Waals surface area (Å²) < 4.78 is 0. The van der Waals surface area contributed by atoms with E-state index in [0.717, 1.165) is 54.3 Å². The number of carbonyl (C=O) groups is 1. The van der Waals surface area contributed by atoms with Crippen molar-refractivity contribution in [1.82, 2.24) is 9.91 Å². The van der Waals surface area contributed by atoms with Crippen LogP contribution in [0.25, 0.3) is 28.3 Å². The van der Waals surface area contributed by atoms with Crippen LogP contribution >= 0.6 is 0 Å². The average Bonchev–Trinajstić information content (AvgIpc) is 2.87. The number of fused-ring (bicyclic) bond motifs is 1. The van der Waals surface area contributed by atoms with Crippen LogP contribution in [0.5, 0.6) is 0 Å². The third kappa shape index (κ3) is 5.92. The Morgan fingerprint density at radius 2 is 1.78 bits per heavy atom. The van der Waals surface area contributed by atoms with Crippen molar-refractivity contribution in [2.45, 2.75) is 26.2 Å². The van der Waals surface area contributed by atoms with Gasteiger partial charge in [0.2, 0.25) is 0 Å². The van der Waals surface area contributed by atoms with Crippen LogP contribution in [0, 0.1) is 0 Å². The highest BCUT2D eigenvalue weighted by atomic mass is 16.4. The van der Waals surface area contributed by atoms with E-state index >= 15 is 0 Å². The fourth-order valence-electron chi connectivity index (χ4n) is 4.69. The topological polar surface area (TPSA) is 56.1 Å². The Morgan fingerprint density at radius 3 is 2.50 bits per heavy atom. The minimum atomic E-state index is -0.966. The summed E-state index contributed by atoms with van der Waals surface area (Å²) in [6.07, 6.45) is 5.04. The first kappa shape index (κ1) is 25.4. The van der Waals surface area contributed by atoms with Gasteiger partial charge in [-0.1, -0.05) is 73.7 Å². The van der Waals surface area contributed by atoms with Gasteiger partial charge in [0.1, 0.15) is 5.36 Å². The molecule has 1 aliphatic heterocycles. The predicted molar refractivity (Wildman–Crippen MR) is 147 cm³/mol. The van der Waals surface area contributed by atoms with Crippen LogP contribution in [0.15, 0.2) is 77.9 Å². The summed E-state index contributed by atoms with van der Waals surface area (Å²) in [5.41, 5.74) is 6.95. The SMILES string of the molecule is C=C(CCN(C)CCC)Cc1ccccc1-c1ccc(-c2cc(C(=O)O)c3c(c2)=CCN(C)N=3)cc1. The Labute approximate surface area is 213 Å². The Morgan fingerprint density at radius 1 is 1.06 bits per heavy atom. The van der Waals surface area contributed by atoms with E-state index in [1.807, 2.05) is 19.2 Å². The first-order valence-electron chi connectivity index (χ1n) is 12.6. The zero-order valence-corrected chi connectivity index (χ0v) is 21.5. The molecule has 5 nitrogen and oxygen atoms in total. The molecule has 186 valence electrons. The lowest BCUT2D eigenvalue weighted by Crippen LogP contribution is -2.38. The number of carboxylic acids is 1. The third-order valence-electron chi connectivity index (χ3n) is 6.66. The predicted octanol–water partition coefficient (Wildman–Crippen LogP) is 4.81. The Hall–Kier alpha value is -3.70. The maximum Gasteiger partial charge on any atom is 0.338 e. The van der Waals surface area contributed by atoms with Gasteiger partial charge in [-0.15, -0.1) is 0 Å². The van der Waals surface area contributed by atoms with Crippen LogP contribution in [0.4, 0.5) is 0 Å². The molecule has 3 aromatic rings. The van der Waals surface area contributed by atoms with Gasteiger partial charge >= 0.3 is 5.97 Å². The highest BCUT2D eigenvalue weighted by Gasteiger charge is 2.14. The molecule has 5 heteroatoms. The number of aromatic carboxylic acids is 1. The summed E-state index contributed by atoms with van der Waals surface area (Å²) in [7, 11) is 4.01. The summed E-state index contributed by atoms with van der Waals surface area (Å²) in [6.45, 7) is 9.35. The van der Waals surface area contributed by atoms with Gasteiger partial charge in [0.15, 0.2) is 0 Å². The zero-order valence-electron chi connectivity index (χ0n) is 21.5. The molecular formula is C31H35N3O2. The Balaban J connectivity index is 1.58. The molecule has 0 spiro atoms. The Bertz CT molecular complexity index is 1380. The number of hydrogen-bond acceptors (Lipinski definition) is 4. The Kier molecular flexibility index (Phi) is 8.01. The lowest BCUT2D eigenvalue weighted by Gasteiger charge is -2.17. The van der Waals surface area contributed by atoms with Gasteiger partial charge in [0, 0.05) is 18.8 Å². The summed E-state index contributed by atoms with van der Waals surface area (Å²) in [5.74, 6) is -0.966. The van der Waals surface area contributed by atoms with Gasteiger partial charge in [-0.05, 0) is 72.8 Å². The van der Waals surface area contributed by atoms with E-state index in [2.05, 4.69) is 79.1 Å². The minimum absolute atomic E-state index is 0.225. The minimum Gasteiger partial charge on any atom is -0.478 e. The fraction of sp³-hybridized carbons (Fsp3) is 0.290. The number of benzene rings is 3. The second kappa shape index (κ2) is 11.4. The summed E-state index contributed by atoms with van der Waals surface area (Å²) in [5, 5.41) is 17.3. The van der Waals surface area contributed by atoms with Crippen molar-refractivity contribution >= 4 is 12.0 Å². The number of nitrogens with zero attached hydrogens (tertiary/aromatic N) is 3. The van der Waals surface area contributed by atoms with Gasteiger partial charge < -0.3 is 10.0 Å². The monoisotopic (exact) mass is 481 g/mol. The lowest BCUT2D eigenvalue weighted by atomic mass is 9.93. The smallest absolute Gasteiger partial charge is 0.338 e. The van der Waals surface area contributed by atoms with Crippen molar-refractivity contribution < 1.29 is 9.90 Å². The molecule has 0 saturated carbocycles. The molecule has 0 aliphatic carbocycles. The fourth-order valence-corrected chi connectivity index (χ4v) is 4.69. The third-order valence-corrected chi connectivity index (χ3v) is 6.66. The number of carboxylic acid groups (broad SMARTS) is 1. The van der Waals surface area contributed by atoms with Crippen molar-refractivity contribution in [1.29, 1.82) is 0 Å². The largest absolute Gasteiger partial charge is 0.478 e. The van der Waals surface area contributed by atoms with Gasteiger partial charge in [-0.25, -0.2) is 4.79 Å². The molecule has 0 amide bonds. The molecule has 0 radical (unpaired) electrons. The lowest BCUT2D eigenvalue weighted by molar-refractivity contribution is 0.0694. The van der Waals surface area contributed by atoms with Crippen LogP contribution in [0.3, 0.4) is 0 Å². The highest BCUT2D eigenvalue weighted by Crippen LogP contribution is 2.28. The molecule has 0 saturated heterocycles. The molecule has 1 N–H and O–H groups in total. The molecule has 1 heterocycles. The normalized spacial score (nSPS) is 12.6. The van der Waals surface area contributed by atoms with Gasteiger partial charge in [0.25, 0.3) is 0 Å². The van der Waals surface area contributed by atoms with Crippen molar-refractivity contribution in [3.63, 3.8) is 0 Å². The molecule has 4 rings (SSSR count). The van der Waals surface area contributed by atoms with E-state index in [9.17, 15) is 9.90 Å². The highest BCUT2D eigenvalue weighted by molar-refractivity contribution is 5.89.